The summed E-state index contributed by atoms with van der Waals surface area (Å²) in [5.74, 6) is 0. The minimum Gasteiger partial charge on any atom is -0.356 e. The first kappa shape index (κ1) is 9.73. The lowest BCUT2D eigenvalue weighted by molar-refractivity contribution is 0.876. The Labute approximate surface area is 99.3 Å². The first-order valence-corrected chi connectivity index (χ1v) is 6.14. The molecule has 16 heavy (non-hydrogen) atoms. The SMILES string of the molecule is CN1c2ccccc2S[C@@H]1c1ccccn1. The van der Waals surface area contributed by atoms with Crippen molar-refractivity contribution in [1.29, 1.82) is 0 Å². The van der Waals surface area contributed by atoms with Crippen LogP contribution in [-0.2, 0) is 0 Å². The van der Waals surface area contributed by atoms with Crippen LogP contribution in [-0.4, -0.2) is 12.0 Å². The van der Waals surface area contributed by atoms with Crippen molar-refractivity contribution in [2.45, 2.75) is 10.3 Å². The number of nitrogens with zero attached hydrogens (tertiary/aromatic N) is 2. The van der Waals surface area contributed by atoms with E-state index in [-0.39, 0.29) is 0 Å². The van der Waals surface area contributed by atoms with Crippen molar-refractivity contribution in [3.8, 4) is 0 Å². The molecule has 0 saturated carbocycles. The van der Waals surface area contributed by atoms with Crippen molar-refractivity contribution in [2.75, 3.05) is 11.9 Å². The van der Waals surface area contributed by atoms with Gasteiger partial charge in [0.2, 0.25) is 0 Å². The van der Waals surface area contributed by atoms with Gasteiger partial charge in [0.25, 0.3) is 0 Å². The maximum atomic E-state index is 4.43. The molecule has 1 aliphatic rings. The van der Waals surface area contributed by atoms with E-state index in [1.807, 2.05) is 30.1 Å². The second-order valence-corrected chi connectivity index (χ2v) is 4.93. The molecule has 80 valence electrons. The molecule has 0 saturated heterocycles. The van der Waals surface area contributed by atoms with Gasteiger partial charge in [0.1, 0.15) is 5.37 Å². The molecule has 0 amide bonds. The molecule has 1 aromatic heterocycles. The molecule has 1 aliphatic heterocycles. The lowest BCUT2D eigenvalue weighted by atomic mass is 10.2. The fourth-order valence-corrected chi connectivity index (χ4v) is 3.22. The Morgan fingerprint density at radius 3 is 2.69 bits per heavy atom. The predicted octanol–water partition coefficient (Wildman–Crippen LogP) is 3.32. The molecule has 2 nitrogen and oxygen atoms in total. The van der Waals surface area contributed by atoms with Gasteiger partial charge in [-0.2, -0.15) is 0 Å². The molecule has 1 aromatic carbocycles. The number of benzene rings is 1. The van der Waals surface area contributed by atoms with E-state index in [1.165, 1.54) is 10.6 Å². The van der Waals surface area contributed by atoms with Crippen LogP contribution in [0.1, 0.15) is 11.1 Å². The standard InChI is InChI=1S/C13H12N2S/c1-15-11-7-2-3-8-12(11)16-13(15)10-6-4-5-9-14-10/h2-9,13H,1H3/t13-/m1/s1. The number of thioether (sulfide) groups is 1. The third kappa shape index (κ3) is 1.48. The van der Waals surface area contributed by atoms with Crippen molar-refractivity contribution in [3.05, 3.63) is 54.4 Å². The van der Waals surface area contributed by atoms with Gasteiger partial charge in [-0.05, 0) is 24.3 Å². The second kappa shape index (κ2) is 3.83. The van der Waals surface area contributed by atoms with Gasteiger partial charge < -0.3 is 4.90 Å². The number of rotatable bonds is 1. The molecule has 0 aliphatic carbocycles. The van der Waals surface area contributed by atoms with Crippen LogP contribution in [0.3, 0.4) is 0 Å². The van der Waals surface area contributed by atoms with E-state index >= 15 is 0 Å². The quantitative estimate of drug-likeness (QED) is 0.745. The van der Waals surface area contributed by atoms with E-state index in [4.69, 9.17) is 0 Å². The highest BCUT2D eigenvalue weighted by Gasteiger charge is 2.28. The fraction of sp³-hybridized carbons (Fsp3) is 0.154. The van der Waals surface area contributed by atoms with Crippen LogP contribution < -0.4 is 4.90 Å². The molecule has 0 radical (unpaired) electrons. The van der Waals surface area contributed by atoms with Crippen LogP contribution in [0.15, 0.2) is 53.6 Å². The highest BCUT2D eigenvalue weighted by molar-refractivity contribution is 8.00. The number of pyridine rings is 1. The van der Waals surface area contributed by atoms with Gasteiger partial charge in [0, 0.05) is 18.1 Å². The van der Waals surface area contributed by atoms with Gasteiger partial charge in [-0.15, -0.1) is 0 Å². The average Bonchev–Trinajstić information content (AvgIpc) is 2.69. The van der Waals surface area contributed by atoms with E-state index in [1.54, 1.807) is 0 Å². The molecule has 0 unspecified atom stereocenters. The number of hydrogen-bond acceptors (Lipinski definition) is 3. The fourth-order valence-electron chi connectivity index (χ4n) is 1.95. The molecule has 3 heteroatoms. The molecule has 2 aromatic rings. The van der Waals surface area contributed by atoms with E-state index in [9.17, 15) is 0 Å². The zero-order chi connectivity index (χ0) is 11.0. The summed E-state index contributed by atoms with van der Waals surface area (Å²) < 4.78 is 0. The number of aromatic nitrogens is 1. The summed E-state index contributed by atoms with van der Waals surface area (Å²) in [6.07, 6.45) is 1.85. The van der Waals surface area contributed by atoms with Crippen molar-refractivity contribution < 1.29 is 0 Å². The van der Waals surface area contributed by atoms with Gasteiger partial charge >= 0.3 is 0 Å². The molecular formula is C13H12N2S. The molecule has 2 heterocycles. The van der Waals surface area contributed by atoms with Gasteiger partial charge in [0.15, 0.2) is 0 Å². The maximum Gasteiger partial charge on any atom is 0.122 e. The summed E-state index contributed by atoms with van der Waals surface area (Å²) in [5.41, 5.74) is 2.41. The number of fused-ring (bicyclic) bond motifs is 1. The molecule has 0 spiro atoms. The molecule has 0 N–H and O–H groups in total. The summed E-state index contributed by atoms with van der Waals surface area (Å²) in [6, 6.07) is 14.6. The molecular weight excluding hydrogens is 216 g/mol. The zero-order valence-electron chi connectivity index (χ0n) is 9.00. The largest absolute Gasteiger partial charge is 0.356 e. The van der Waals surface area contributed by atoms with E-state index in [0.717, 1.165) is 5.69 Å². The van der Waals surface area contributed by atoms with Gasteiger partial charge in [0.05, 0.1) is 11.4 Å². The van der Waals surface area contributed by atoms with Crippen LogP contribution in [0.25, 0.3) is 0 Å². The normalized spacial score (nSPS) is 18.6. The summed E-state index contributed by atoms with van der Waals surface area (Å²) in [5, 5.41) is 0.304. The van der Waals surface area contributed by atoms with Crippen molar-refractivity contribution in [2.24, 2.45) is 0 Å². The van der Waals surface area contributed by atoms with Crippen LogP contribution in [0.2, 0.25) is 0 Å². The smallest absolute Gasteiger partial charge is 0.122 e. The van der Waals surface area contributed by atoms with Crippen molar-refractivity contribution in [1.82, 2.24) is 4.98 Å². The molecule has 0 fully saturated rings. The summed E-state index contributed by atoms with van der Waals surface area (Å²) in [7, 11) is 2.12. The first-order valence-electron chi connectivity index (χ1n) is 5.26. The molecule has 1 atom stereocenters. The number of para-hydroxylation sites is 1. The van der Waals surface area contributed by atoms with Gasteiger partial charge in [-0.25, -0.2) is 0 Å². The average molecular weight is 228 g/mol. The minimum atomic E-state index is 0.304. The Bertz CT molecular complexity index is 498. The van der Waals surface area contributed by atoms with E-state index in [2.05, 4.69) is 47.3 Å². The Hall–Kier alpha value is -1.48. The van der Waals surface area contributed by atoms with Crippen LogP contribution in [0.4, 0.5) is 5.69 Å². The second-order valence-electron chi connectivity index (χ2n) is 3.80. The Balaban J connectivity index is 1.99. The Morgan fingerprint density at radius 2 is 1.94 bits per heavy atom. The summed E-state index contributed by atoms with van der Waals surface area (Å²) >= 11 is 1.86. The predicted molar refractivity (Wildman–Crippen MR) is 67.7 cm³/mol. The summed E-state index contributed by atoms with van der Waals surface area (Å²) in [4.78, 5) is 8.05. The number of hydrogen-bond donors (Lipinski definition) is 0. The van der Waals surface area contributed by atoms with E-state index < -0.39 is 0 Å². The van der Waals surface area contributed by atoms with Crippen molar-refractivity contribution >= 4 is 17.4 Å². The topological polar surface area (TPSA) is 16.1 Å². The highest BCUT2D eigenvalue weighted by Crippen LogP contribution is 2.49. The molecule has 0 bridgehead atoms. The minimum absolute atomic E-state index is 0.304. The van der Waals surface area contributed by atoms with Crippen LogP contribution in [0, 0.1) is 0 Å². The number of anilines is 1. The monoisotopic (exact) mass is 228 g/mol. The highest BCUT2D eigenvalue weighted by atomic mass is 32.2. The maximum absolute atomic E-state index is 4.43. The lowest BCUT2D eigenvalue weighted by Gasteiger charge is -2.20. The Kier molecular flexibility index (Phi) is 2.33. The van der Waals surface area contributed by atoms with Gasteiger partial charge in [-0.3, -0.25) is 4.98 Å². The van der Waals surface area contributed by atoms with Gasteiger partial charge in [-0.1, -0.05) is 30.0 Å². The van der Waals surface area contributed by atoms with Crippen molar-refractivity contribution in [3.63, 3.8) is 0 Å². The van der Waals surface area contributed by atoms with E-state index in [0.29, 0.717) is 5.37 Å². The zero-order valence-corrected chi connectivity index (χ0v) is 9.82. The Morgan fingerprint density at radius 1 is 1.12 bits per heavy atom. The van der Waals surface area contributed by atoms with Crippen LogP contribution >= 0.6 is 11.8 Å². The van der Waals surface area contributed by atoms with Crippen LogP contribution in [0.5, 0.6) is 0 Å². The molecule has 3 rings (SSSR count). The third-order valence-corrected chi connectivity index (χ3v) is 4.16. The lowest BCUT2D eigenvalue weighted by Crippen LogP contribution is -2.17. The summed E-state index contributed by atoms with van der Waals surface area (Å²) in [6.45, 7) is 0. The first-order chi connectivity index (χ1) is 7.86. The third-order valence-electron chi connectivity index (χ3n) is 2.78.